The number of aliphatic hydroxyl groups excluding tert-OH is 1. The maximum atomic E-state index is 14.1. The fourth-order valence-electron chi connectivity index (χ4n) is 4.22. The molecule has 1 aromatic carbocycles. The highest BCUT2D eigenvalue weighted by atomic mass is 32.2. The fourth-order valence-corrected chi connectivity index (χ4v) is 5.59. The summed E-state index contributed by atoms with van der Waals surface area (Å²) in [6, 6.07) is 3.96. The molecule has 1 aromatic rings. The molecule has 0 radical (unpaired) electrons. The number of aliphatic hydroxyl groups is 1. The number of sulfonamides is 1. The first-order chi connectivity index (χ1) is 15.2. The zero-order valence-electron chi connectivity index (χ0n) is 18.6. The molecule has 1 aliphatic heterocycles. The summed E-state index contributed by atoms with van der Waals surface area (Å²) in [5.74, 6) is -0.0616. The Kier molecular flexibility index (Phi) is 8.87. The molecule has 3 N–H and O–H groups in total. The normalized spacial score (nSPS) is 21.1. The first-order valence-electron chi connectivity index (χ1n) is 11.4. The Hall–Kier alpha value is -1.75. The Labute approximate surface area is 189 Å². The number of carbonyl (C=O) groups is 1. The van der Waals surface area contributed by atoms with Crippen molar-refractivity contribution in [2.24, 2.45) is 5.92 Å². The van der Waals surface area contributed by atoms with Gasteiger partial charge in [-0.05, 0) is 56.2 Å². The number of halogens is 1. The standard InChI is InChI=1S/C22H34FN3O5S/c1-16(18-9-10-19(23)20(13-18)31-15-17-7-3-4-8-17)25-32(29,30)12-6-2-5-11-26-14-21(27)24-22(26)28/h9-10,13,16-17,22,25,28H,2-8,11-12,14-15H2,1H3,(H,24,27)/t16-,22?/m1/s1. The van der Waals surface area contributed by atoms with Crippen molar-refractivity contribution in [1.82, 2.24) is 14.9 Å². The minimum atomic E-state index is -3.51. The topological polar surface area (TPSA) is 108 Å². The van der Waals surface area contributed by atoms with Gasteiger partial charge in [0.2, 0.25) is 15.9 Å². The van der Waals surface area contributed by atoms with Crippen LogP contribution in [0.15, 0.2) is 18.2 Å². The maximum Gasteiger partial charge on any atom is 0.237 e. The van der Waals surface area contributed by atoms with E-state index in [0.717, 1.165) is 12.8 Å². The van der Waals surface area contributed by atoms with Gasteiger partial charge in [0.15, 0.2) is 17.9 Å². The Balaban J connectivity index is 1.42. The van der Waals surface area contributed by atoms with Crippen molar-refractivity contribution in [2.75, 3.05) is 25.4 Å². The third-order valence-corrected chi connectivity index (χ3v) is 7.64. The summed E-state index contributed by atoms with van der Waals surface area (Å²) in [5.41, 5.74) is 0.650. The summed E-state index contributed by atoms with van der Waals surface area (Å²) in [5, 5.41) is 12.0. The van der Waals surface area contributed by atoms with E-state index >= 15 is 0 Å². The van der Waals surface area contributed by atoms with Gasteiger partial charge in [-0.1, -0.05) is 25.3 Å². The summed E-state index contributed by atoms with van der Waals surface area (Å²) in [6.45, 7) is 2.88. The lowest BCUT2D eigenvalue weighted by Crippen LogP contribution is -2.36. The maximum absolute atomic E-state index is 14.1. The molecule has 8 nitrogen and oxygen atoms in total. The molecule has 1 saturated carbocycles. The van der Waals surface area contributed by atoms with Gasteiger partial charge in [0, 0.05) is 12.6 Å². The number of carbonyl (C=O) groups excluding carboxylic acids is 1. The molecule has 3 rings (SSSR count). The second kappa shape index (κ2) is 11.4. The molecule has 180 valence electrons. The molecule has 2 aliphatic rings. The Morgan fingerprint density at radius 2 is 2.03 bits per heavy atom. The molecule has 0 bridgehead atoms. The van der Waals surface area contributed by atoms with Crippen LogP contribution in [-0.4, -0.2) is 56.1 Å². The molecule has 1 amide bonds. The molecular weight excluding hydrogens is 437 g/mol. The summed E-state index contributed by atoms with van der Waals surface area (Å²) in [4.78, 5) is 12.8. The Bertz CT molecular complexity index is 876. The highest BCUT2D eigenvalue weighted by Crippen LogP contribution is 2.28. The van der Waals surface area contributed by atoms with Crippen LogP contribution in [0.25, 0.3) is 0 Å². The number of rotatable bonds is 12. The van der Waals surface area contributed by atoms with Crippen LogP contribution in [0.2, 0.25) is 0 Å². The Morgan fingerprint density at radius 1 is 1.28 bits per heavy atom. The van der Waals surface area contributed by atoms with Crippen LogP contribution >= 0.6 is 0 Å². The number of hydrogen-bond acceptors (Lipinski definition) is 6. The van der Waals surface area contributed by atoms with Crippen LogP contribution in [0.1, 0.15) is 63.5 Å². The average molecular weight is 472 g/mol. The average Bonchev–Trinajstić information content (AvgIpc) is 3.35. The quantitative estimate of drug-likeness (QED) is 0.404. The molecule has 1 saturated heterocycles. The SMILES string of the molecule is C[C@@H](NS(=O)(=O)CCCCCN1CC(=O)NC1O)c1ccc(F)c(OCC2CCCC2)c1. The van der Waals surface area contributed by atoms with Gasteiger partial charge >= 0.3 is 0 Å². The number of ether oxygens (including phenoxy) is 1. The van der Waals surface area contributed by atoms with Crippen molar-refractivity contribution in [2.45, 2.75) is 64.3 Å². The number of unbranched alkanes of at least 4 members (excludes halogenated alkanes) is 2. The van der Waals surface area contributed by atoms with Gasteiger partial charge in [0.05, 0.1) is 18.9 Å². The van der Waals surface area contributed by atoms with E-state index in [2.05, 4.69) is 10.0 Å². The van der Waals surface area contributed by atoms with Crippen molar-refractivity contribution in [1.29, 1.82) is 0 Å². The molecule has 0 spiro atoms. The van der Waals surface area contributed by atoms with Crippen molar-refractivity contribution in [3.05, 3.63) is 29.6 Å². The highest BCUT2D eigenvalue weighted by molar-refractivity contribution is 7.89. The number of nitrogens with zero attached hydrogens (tertiary/aromatic N) is 1. The highest BCUT2D eigenvalue weighted by Gasteiger charge is 2.27. The molecule has 1 aliphatic carbocycles. The second-order valence-corrected chi connectivity index (χ2v) is 10.7. The smallest absolute Gasteiger partial charge is 0.237 e. The molecule has 1 unspecified atom stereocenters. The van der Waals surface area contributed by atoms with Gasteiger partial charge in [-0.15, -0.1) is 0 Å². The fraction of sp³-hybridized carbons (Fsp3) is 0.682. The van der Waals surface area contributed by atoms with Gasteiger partial charge in [-0.25, -0.2) is 17.5 Å². The number of benzene rings is 1. The second-order valence-electron chi connectivity index (χ2n) is 8.78. The Morgan fingerprint density at radius 3 is 2.72 bits per heavy atom. The summed E-state index contributed by atoms with van der Waals surface area (Å²) < 4.78 is 47.4. The van der Waals surface area contributed by atoms with Crippen LogP contribution in [0.4, 0.5) is 4.39 Å². The van der Waals surface area contributed by atoms with Crippen molar-refractivity contribution in [3.8, 4) is 5.75 Å². The lowest BCUT2D eigenvalue weighted by molar-refractivity contribution is -0.119. The third kappa shape index (κ3) is 7.40. The predicted octanol–water partition coefficient (Wildman–Crippen LogP) is 2.25. The van der Waals surface area contributed by atoms with E-state index in [0.29, 0.717) is 43.9 Å². The van der Waals surface area contributed by atoms with E-state index in [9.17, 15) is 22.7 Å². The summed E-state index contributed by atoms with van der Waals surface area (Å²) in [6.07, 6.45) is 5.41. The van der Waals surface area contributed by atoms with E-state index in [1.165, 1.54) is 18.9 Å². The van der Waals surface area contributed by atoms with E-state index < -0.39 is 28.2 Å². The molecular formula is C22H34FN3O5S. The third-order valence-electron chi connectivity index (χ3n) is 6.10. The van der Waals surface area contributed by atoms with Gasteiger partial charge < -0.3 is 15.2 Å². The van der Waals surface area contributed by atoms with Gasteiger partial charge in [-0.2, -0.15) is 0 Å². The predicted molar refractivity (Wildman–Crippen MR) is 119 cm³/mol. The van der Waals surface area contributed by atoms with E-state index in [1.807, 2.05) is 0 Å². The molecule has 2 atom stereocenters. The zero-order chi connectivity index (χ0) is 23.1. The largest absolute Gasteiger partial charge is 0.490 e. The summed E-state index contributed by atoms with van der Waals surface area (Å²) in [7, 11) is -3.51. The minimum absolute atomic E-state index is 0.0245. The molecule has 10 heteroatoms. The van der Waals surface area contributed by atoms with E-state index in [-0.39, 0.29) is 24.0 Å². The lowest BCUT2D eigenvalue weighted by atomic mass is 10.1. The van der Waals surface area contributed by atoms with Crippen molar-refractivity contribution in [3.63, 3.8) is 0 Å². The molecule has 32 heavy (non-hydrogen) atoms. The lowest BCUT2D eigenvalue weighted by Gasteiger charge is -2.18. The monoisotopic (exact) mass is 471 g/mol. The van der Waals surface area contributed by atoms with Crippen molar-refractivity contribution < 1.29 is 27.4 Å². The van der Waals surface area contributed by atoms with Crippen molar-refractivity contribution >= 4 is 15.9 Å². The number of amides is 1. The van der Waals surface area contributed by atoms with Gasteiger partial charge in [0.1, 0.15) is 0 Å². The zero-order valence-corrected chi connectivity index (χ0v) is 19.4. The molecule has 2 fully saturated rings. The van der Waals surface area contributed by atoms with E-state index in [1.54, 1.807) is 24.0 Å². The van der Waals surface area contributed by atoms with Crippen LogP contribution in [0.3, 0.4) is 0 Å². The van der Waals surface area contributed by atoms with Crippen LogP contribution in [-0.2, 0) is 14.8 Å². The minimum Gasteiger partial charge on any atom is -0.490 e. The van der Waals surface area contributed by atoms with Gasteiger partial charge in [0.25, 0.3) is 0 Å². The number of hydrogen-bond donors (Lipinski definition) is 3. The summed E-state index contributed by atoms with van der Waals surface area (Å²) >= 11 is 0. The van der Waals surface area contributed by atoms with Gasteiger partial charge in [-0.3, -0.25) is 9.69 Å². The number of nitrogens with one attached hydrogen (secondary N) is 2. The first-order valence-corrected chi connectivity index (χ1v) is 13.0. The van der Waals surface area contributed by atoms with E-state index in [4.69, 9.17) is 4.74 Å². The van der Waals surface area contributed by atoms with Crippen LogP contribution in [0, 0.1) is 11.7 Å². The first kappa shape index (κ1) is 24.9. The molecule has 1 heterocycles. The van der Waals surface area contributed by atoms with Crippen LogP contribution < -0.4 is 14.8 Å². The molecule has 0 aromatic heterocycles. The van der Waals surface area contributed by atoms with Crippen LogP contribution in [0.5, 0.6) is 5.75 Å².